The number of carbonyl (C=O) groups is 2. The molecule has 1 amide bonds. The molecule has 1 aromatic carbocycles. The molecule has 0 spiro atoms. The topological polar surface area (TPSA) is 65.1 Å². The van der Waals surface area contributed by atoms with Crippen LogP contribution in [0.1, 0.15) is 11.1 Å². The summed E-state index contributed by atoms with van der Waals surface area (Å²) in [6, 6.07) is 4.94. The molecule has 6 heteroatoms. The van der Waals surface area contributed by atoms with E-state index in [1.54, 1.807) is 7.11 Å². The number of nitrogens with zero attached hydrogens (tertiary/aromatic N) is 1. The van der Waals surface area contributed by atoms with Crippen molar-refractivity contribution in [1.29, 1.82) is 0 Å². The Hall–Kier alpha value is -2.24. The van der Waals surface area contributed by atoms with Crippen LogP contribution in [0.5, 0.6) is 5.75 Å². The molecule has 0 saturated heterocycles. The molecule has 0 radical (unpaired) electrons. The number of amides is 1. The van der Waals surface area contributed by atoms with Crippen molar-refractivity contribution >= 4 is 12.1 Å². The summed E-state index contributed by atoms with van der Waals surface area (Å²) >= 11 is 0. The van der Waals surface area contributed by atoms with Crippen LogP contribution in [0.4, 0.5) is 4.79 Å². The van der Waals surface area contributed by atoms with E-state index in [-0.39, 0.29) is 0 Å². The van der Waals surface area contributed by atoms with E-state index in [9.17, 15) is 9.59 Å². The van der Waals surface area contributed by atoms with Crippen LogP contribution in [0, 0.1) is 0 Å². The molecule has 1 aliphatic rings. The van der Waals surface area contributed by atoms with E-state index in [4.69, 9.17) is 14.2 Å². The van der Waals surface area contributed by atoms with Crippen LogP contribution in [0.3, 0.4) is 0 Å². The van der Waals surface area contributed by atoms with Gasteiger partial charge in [0.15, 0.2) is 0 Å². The van der Waals surface area contributed by atoms with Crippen LogP contribution in [0.2, 0.25) is 0 Å². The summed E-state index contributed by atoms with van der Waals surface area (Å²) in [6.07, 6.45) is -0.143. The lowest BCUT2D eigenvalue weighted by Gasteiger charge is -2.34. The Bertz CT molecular complexity index is 528. The highest BCUT2D eigenvalue weighted by Gasteiger charge is 2.36. The predicted molar refractivity (Wildman–Crippen MR) is 70.5 cm³/mol. The molecule has 1 unspecified atom stereocenters. The van der Waals surface area contributed by atoms with Gasteiger partial charge in [-0.15, -0.1) is 0 Å². The fourth-order valence-corrected chi connectivity index (χ4v) is 2.34. The average molecular weight is 279 g/mol. The third-order valence-corrected chi connectivity index (χ3v) is 3.43. The van der Waals surface area contributed by atoms with Gasteiger partial charge >= 0.3 is 12.1 Å². The maximum absolute atomic E-state index is 11.8. The van der Waals surface area contributed by atoms with Crippen LogP contribution in [0.15, 0.2) is 18.2 Å². The van der Waals surface area contributed by atoms with Crippen molar-refractivity contribution in [3.05, 3.63) is 29.3 Å². The summed E-state index contributed by atoms with van der Waals surface area (Å²) in [6.45, 7) is 0.291. The van der Waals surface area contributed by atoms with Crippen LogP contribution < -0.4 is 4.74 Å². The zero-order chi connectivity index (χ0) is 14.7. The molecule has 0 N–H and O–H groups in total. The number of ether oxygens (including phenoxy) is 3. The van der Waals surface area contributed by atoms with Gasteiger partial charge in [-0.2, -0.15) is 0 Å². The zero-order valence-electron chi connectivity index (χ0n) is 11.7. The molecule has 0 fully saturated rings. The van der Waals surface area contributed by atoms with Gasteiger partial charge < -0.3 is 14.2 Å². The Balaban J connectivity index is 2.36. The highest BCUT2D eigenvalue weighted by Crippen LogP contribution is 2.27. The van der Waals surface area contributed by atoms with E-state index >= 15 is 0 Å². The maximum atomic E-state index is 11.8. The summed E-state index contributed by atoms with van der Waals surface area (Å²) in [5, 5.41) is 0. The second kappa shape index (κ2) is 5.81. The number of carbonyl (C=O) groups excluding carboxylic acids is 2. The van der Waals surface area contributed by atoms with Gasteiger partial charge in [-0.1, -0.05) is 6.07 Å². The Morgan fingerprint density at radius 1 is 1.15 bits per heavy atom. The first-order valence-corrected chi connectivity index (χ1v) is 6.19. The first-order valence-electron chi connectivity index (χ1n) is 6.19. The molecule has 2 rings (SSSR count). The minimum absolute atomic E-state index is 0.291. The minimum atomic E-state index is -0.659. The normalized spacial score (nSPS) is 17.1. The van der Waals surface area contributed by atoms with Crippen molar-refractivity contribution in [2.24, 2.45) is 0 Å². The Labute approximate surface area is 117 Å². The smallest absolute Gasteiger partial charge is 0.410 e. The number of hydrogen-bond acceptors (Lipinski definition) is 5. The number of methoxy groups -OCH3 is 3. The molecular formula is C14H17NO5. The fraction of sp³-hybridized carbons (Fsp3) is 0.429. The molecule has 0 saturated carbocycles. The van der Waals surface area contributed by atoms with E-state index in [2.05, 4.69) is 0 Å². The van der Waals surface area contributed by atoms with Crippen molar-refractivity contribution < 1.29 is 23.8 Å². The van der Waals surface area contributed by atoms with Crippen molar-refractivity contribution in [2.75, 3.05) is 21.3 Å². The van der Waals surface area contributed by atoms with Gasteiger partial charge in [0.05, 0.1) is 27.9 Å². The summed E-state index contributed by atoms with van der Waals surface area (Å²) in [5.41, 5.74) is 1.94. The van der Waals surface area contributed by atoms with E-state index in [1.165, 1.54) is 19.1 Å². The first kappa shape index (κ1) is 14.2. The molecule has 6 nitrogen and oxygen atoms in total. The van der Waals surface area contributed by atoms with Gasteiger partial charge in [-0.3, -0.25) is 4.90 Å². The summed E-state index contributed by atoms with van der Waals surface area (Å²) in [5.74, 6) is 0.266. The molecule has 108 valence electrons. The van der Waals surface area contributed by atoms with Gasteiger partial charge in [0.25, 0.3) is 0 Å². The Morgan fingerprint density at radius 2 is 1.90 bits per heavy atom. The summed E-state index contributed by atoms with van der Waals surface area (Å²) < 4.78 is 14.7. The van der Waals surface area contributed by atoms with Gasteiger partial charge in [0.1, 0.15) is 11.8 Å². The molecule has 20 heavy (non-hydrogen) atoms. The number of fused-ring (bicyclic) bond motifs is 1. The van der Waals surface area contributed by atoms with Crippen LogP contribution in [0.25, 0.3) is 0 Å². The third kappa shape index (κ3) is 2.54. The molecular weight excluding hydrogens is 262 g/mol. The standard InChI is InChI=1S/C14H17NO5/c1-18-11-5-4-9-7-12(13(16)19-2)15(14(17)20-3)8-10(9)6-11/h4-6,12H,7-8H2,1-3H3. The number of esters is 1. The highest BCUT2D eigenvalue weighted by molar-refractivity contribution is 5.82. The second-order valence-corrected chi connectivity index (χ2v) is 4.48. The number of benzene rings is 1. The zero-order valence-corrected chi connectivity index (χ0v) is 11.7. The highest BCUT2D eigenvalue weighted by atomic mass is 16.5. The molecule has 1 heterocycles. The SMILES string of the molecule is COC(=O)C1Cc2ccc(OC)cc2CN1C(=O)OC. The largest absolute Gasteiger partial charge is 0.497 e. The van der Waals surface area contributed by atoms with Crippen molar-refractivity contribution in [2.45, 2.75) is 19.0 Å². The molecule has 0 aromatic heterocycles. The van der Waals surface area contributed by atoms with E-state index in [1.807, 2.05) is 18.2 Å². The van der Waals surface area contributed by atoms with Crippen molar-refractivity contribution in [1.82, 2.24) is 4.90 Å². The van der Waals surface area contributed by atoms with Crippen molar-refractivity contribution in [3.63, 3.8) is 0 Å². The van der Waals surface area contributed by atoms with Gasteiger partial charge in [-0.05, 0) is 23.3 Å². The lowest BCUT2D eigenvalue weighted by Crippen LogP contribution is -2.49. The van der Waals surface area contributed by atoms with E-state index in [0.29, 0.717) is 18.7 Å². The molecule has 1 aromatic rings. The minimum Gasteiger partial charge on any atom is -0.497 e. The lowest BCUT2D eigenvalue weighted by atomic mass is 9.94. The summed E-state index contributed by atoms with van der Waals surface area (Å²) in [7, 11) is 4.18. The van der Waals surface area contributed by atoms with E-state index in [0.717, 1.165) is 11.1 Å². The number of hydrogen-bond donors (Lipinski definition) is 0. The van der Waals surface area contributed by atoms with Crippen molar-refractivity contribution in [3.8, 4) is 5.75 Å². The van der Waals surface area contributed by atoms with Gasteiger partial charge in [0.2, 0.25) is 0 Å². The Morgan fingerprint density at radius 3 is 2.50 bits per heavy atom. The lowest BCUT2D eigenvalue weighted by molar-refractivity contribution is -0.146. The van der Waals surface area contributed by atoms with Crippen LogP contribution in [-0.2, 0) is 27.2 Å². The maximum Gasteiger partial charge on any atom is 0.410 e. The molecule has 0 bridgehead atoms. The number of rotatable bonds is 2. The van der Waals surface area contributed by atoms with Gasteiger partial charge in [0, 0.05) is 6.42 Å². The average Bonchev–Trinajstić information content (AvgIpc) is 2.51. The van der Waals surface area contributed by atoms with Crippen LogP contribution in [-0.4, -0.2) is 44.3 Å². The molecule has 0 aliphatic carbocycles. The second-order valence-electron chi connectivity index (χ2n) is 4.48. The molecule has 1 atom stereocenters. The van der Waals surface area contributed by atoms with Gasteiger partial charge in [-0.25, -0.2) is 9.59 Å². The Kier molecular flexibility index (Phi) is 4.12. The predicted octanol–water partition coefficient (Wildman–Crippen LogP) is 1.36. The van der Waals surface area contributed by atoms with E-state index < -0.39 is 18.1 Å². The van der Waals surface area contributed by atoms with Crippen LogP contribution >= 0.6 is 0 Å². The quantitative estimate of drug-likeness (QED) is 0.765. The fourth-order valence-electron chi connectivity index (χ4n) is 2.34. The summed E-state index contributed by atoms with van der Waals surface area (Å²) in [4.78, 5) is 25.0. The third-order valence-electron chi connectivity index (χ3n) is 3.43. The monoisotopic (exact) mass is 279 g/mol. The molecule has 1 aliphatic heterocycles. The first-order chi connectivity index (χ1) is 9.60.